The summed E-state index contributed by atoms with van der Waals surface area (Å²) in [6, 6.07) is 18.3. The Balaban J connectivity index is 1.70. The van der Waals surface area contributed by atoms with Gasteiger partial charge in [-0.3, -0.25) is 13.9 Å². The first kappa shape index (κ1) is 30.2. The van der Waals surface area contributed by atoms with Gasteiger partial charge < -0.3 is 10.2 Å². The van der Waals surface area contributed by atoms with E-state index in [1.165, 1.54) is 29.2 Å². The van der Waals surface area contributed by atoms with Crippen LogP contribution in [0.4, 0.5) is 10.1 Å². The molecule has 1 unspecified atom stereocenters. The number of aryl methyl sites for hydroxylation is 2. The highest BCUT2D eigenvalue weighted by Gasteiger charge is 2.34. The first-order chi connectivity index (χ1) is 19.6. The zero-order valence-corrected chi connectivity index (χ0v) is 24.7. The fraction of sp³-hybridized carbons (Fsp3) is 0.375. The average molecular weight is 580 g/mol. The van der Waals surface area contributed by atoms with Crippen LogP contribution in [0.25, 0.3) is 0 Å². The first-order valence-corrected chi connectivity index (χ1v) is 15.5. The van der Waals surface area contributed by atoms with E-state index in [0.717, 1.165) is 58.8 Å². The van der Waals surface area contributed by atoms with E-state index in [1.807, 2.05) is 45.0 Å². The molecular weight excluding hydrogens is 541 g/mol. The average Bonchev–Trinajstić information content (AvgIpc) is 3.46. The van der Waals surface area contributed by atoms with E-state index < -0.39 is 34.3 Å². The van der Waals surface area contributed by atoms with E-state index in [2.05, 4.69) is 5.32 Å². The molecule has 1 fully saturated rings. The smallest absolute Gasteiger partial charge is 0.264 e. The molecule has 2 amide bonds. The molecule has 0 spiro atoms. The summed E-state index contributed by atoms with van der Waals surface area (Å²) < 4.78 is 42.5. The molecule has 218 valence electrons. The Labute approximate surface area is 242 Å². The summed E-state index contributed by atoms with van der Waals surface area (Å²) in [5.41, 5.74) is 2.92. The van der Waals surface area contributed by atoms with Crippen molar-refractivity contribution in [1.82, 2.24) is 10.2 Å². The molecule has 0 aliphatic heterocycles. The van der Waals surface area contributed by atoms with E-state index >= 15 is 0 Å². The van der Waals surface area contributed by atoms with Gasteiger partial charge in [-0.2, -0.15) is 0 Å². The van der Waals surface area contributed by atoms with Gasteiger partial charge in [-0.1, -0.05) is 67.3 Å². The molecule has 7 nitrogen and oxygen atoms in total. The molecule has 0 bridgehead atoms. The van der Waals surface area contributed by atoms with Crippen molar-refractivity contribution in [3.63, 3.8) is 0 Å². The number of rotatable bonds is 11. The lowest BCUT2D eigenvalue weighted by Gasteiger charge is -2.33. The number of hydrogen-bond donors (Lipinski definition) is 1. The van der Waals surface area contributed by atoms with Gasteiger partial charge in [-0.15, -0.1) is 0 Å². The Morgan fingerprint density at radius 3 is 2.02 bits per heavy atom. The largest absolute Gasteiger partial charge is 0.352 e. The van der Waals surface area contributed by atoms with Crippen LogP contribution in [0.3, 0.4) is 0 Å². The monoisotopic (exact) mass is 579 g/mol. The van der Waals surface area contributed by atoms with Gasteiger partial charge in [-0.05, 0) is 75.1 Å². The van der Waals surface area contributed by atoms with Gasteiger partial charge in [0.1, 0.15) is 18.4 Å². The highest BCUT2D eigenvalue weighted by Crippen LogP contribution is 2.26. The molecular formula is C32H38FN3O4S. The topological polar surface area (TPSA) is 86.8 Å². The summed E-state index contributed by atoms with van der Waals surface area (Å²) in [7, 11) is -4.20. The predicted octanol–water partition coefficient (Wildman–Crippen LogP) is 5.50. The lowest BCUT2D eigenvalue weighted by Crippen LogP contribution is -2.53. The van der Waals surface area contributed by atoms with E-state index in [9.17, 15) is 22.4 Å². The lowest BCUT2D eigenvalue weighted by atomic mass is 10.1. The number of carbonyl (C=O) groups is 2. The van der Waals surface area contributed by atoms with Crippen molar-refractivity contribution in [2.45, 2.75) is 76.4 Å². The Morgan fingerprint density at radius 1 is 0.902 bits per heavy atom. The van der Waals surface area contributed by atoms with Crippen LogP contribution in [0.2, 0.25) is 0 Å². The zero-order chi connectivity index (χ0) is 29.6. The van der Waals surface area contributed by atoms with Crippen LogP contribution in [0, 0.1) is 19.7 Å². The normalized spacial score (nSPS) is 14.4. The molecule has 3 aromatic rings. The third-order valence-electron chi connectivity index (χ3n) is 7.56. The molecule has 0 radical (unpaired) electrons. The quantitative estimate of drug-likeness (QED) is 0.325. The lowest BCUT2D eigenvalue weighted by molar-refractivity contribution is -0.140. The van der Waals surface area contributed by atoms with Gasteiger partial charge in [0.2, 0.25) is 11.8 Å². The summed E-state index contributed by atoms with van der Waals surface area (Å²) in [6.07, 6.45) is 4.27. The molecule has 4 rings (SSSR count). The standard InChI is InChI=1S/C32H38FN3O4S/c1-4-30(32(38)34-27-7-5-6-8-27)35(21-25-13-9-23(2)10-14-25)31(37)22-36(28-17-15-26(33)16-18-28)41(39,40)29-19-11-24(3)12-20-29/h9-20,27,30H,4-8,21-22H2,1-3H3,(H,34,38). The highest BCUT2D eigenvalue weighted by molar-refractivity contribution is 7.92. The molecule has 1 N–H and O–H groups in total. The molecule has 3 aromatic carbocycles. The molecule has 0 aromatic heterocycles. The van der Waals surface area contributed by atoms with Crippen molar-refractivity contribution in [2.75, 3.05) is 10.8 Å². The summed E-state index contributed by atoms with van der Waals surface area (Å²) in [4.78, 5) is 29.1. The summed E-state index contributed by atoms with van der Waals surface area (Å²) in [5, 5.41) is 3.11. The maximum Gasteiger partial charge on any atom is 0.264 e. The van der Waals surface area contributed by atoms with Crippen LogP contribution in [-0.2, 0) is 26.2 Å². The van der Waals surface area contributed by atoms with Crippen molar-refractivity contribution in [1.29, 1.82) is 0 Å². The maximum absolute atomic E-state index is 14.1. The minimum atomic E-state index is -4.20. The number of amides is 2. The molecule has 0 saturated heterocycles. The second-order valence-electron chi connectivity index (χ2n) is 10.7. The maximum atomic E-state index is 14.1. The second-order valence-corrected chi connectivity index (χ2v) is 12.6. The number of nitrogens with zero attached hydrogens (tertiary/aromatic N) is 2. The second kappa shape index (κ2) is 13.3. The number of sulfonamides is 1. The van der Waals surface area contributed by atoms with Gasteiger partial charge in [0.25, 0.3) is 10.0 Å². The molecule has 1 aliphatic carbocycles. The fourth-order valence-corrected chi connectivity index (χ4v) is 6.56. The van der Waals surface area contributed by atoms with Gasteiger partial charge in [0, 0.05) is 12.6 Å². The number of hydrogen-bond acceptors (Lipinski definition) is 4. The summed E-state index contributed by atoms with van der Waals surface area (Å²) in [6.45, 7) is 5.24. The minimum Gasteiger partial charge on any atom is -0.352 e. The van der Waals surface area contributed by atoms with Crippen molar-refractivity contribution in [3.8, 4) is 0 Å². The number of benzene rings is 3. The summed E-state index contributed by atoms with van der Waals surface area (Å²) >= 11 is 0. The zero-order valence-electron chi connectivity index (χ0n) is 23.8. The van der Waals surface area contributed by atoms with Crippen LogP contribution in [0.15, 0.2) is 77.7 Å². The van der Waals surface area contributed by atoms with E-state index in [-0.39, 0.29) is 29.1 Å². The van der Waals surface area contributed by atoms with Crippen LogP contribution >= 0.6 is 0 Å². The van der Waals surface area contributed by atoms with Crippen LogP contribution in [-0.4, -0.2) is 43.8 Å². The van der Waals surface area contributed by atoms with Crippen molar-refractivity contribution >= 4 is 27.5 Å². The van der Waals surface area contributed by atoms with Gasteiger partial charge in [0.15, 0.2) is 0 Å². The van der Waals surface area contributed by atoms with Crippen LogP contribution < -0.4 is 9.62 Å². The Bertz CT molecular complexity index is 1440. The van der Waals surface area contributed by atoms with Crippen LogP contribution in [0.5, 0.6) is 0 Å². The van der Waals surface area contributed by atoms with Gasteiger partial charge in [-0.25, -0.2) is 12.8 Å². The molecule has 0 heterocycles. The third kappa shape index (κ3) is 7.52. The third-order valence-corrected chi connectivity index (χ3v) is 9.35. The summed E-state index contributed by atoms with van der Waals surface area (Å²) in [5.74, 6) is -1.29. The number of carbonyl (C=O) groups excluding carboxylic acids is 2. The number of anilines is 1. The Kier molecular flexibility index (Phi) is 9.81. The van der Waals surface area contributed by atoms with Gasteiger partial charge in [0.05, 0.1) is 10.6 Å². The molecule has 1 saturated carbocycles. The van der Waals surface area contributed by atoms with E-state index in [1.54, 1.807) is 12.1 Å². The van der Waals surface area contributed by atoms with Crippen LogP contribution in [0.1, 0.15) is 55.7 Å². The molecule has 9 heteroatoms. The number of halogens is 1. The number of nitrogens with one attached hydrogen (secondary N) is 1. The van der Waals surface area contributed by atoms with Crippen molar-refractivity contribution < 1.29 is 22.4 Å². The first-order valence-electron chi connectivity index (χ1n) is 14.1. The molecule has 1 aliphatic rings. The van der Waals surface area contributed by atoms with E-state index in [0.29, 0.717) is 6.42 Å². The Morgan fingerprint density at radius 2 is 1.46 bits per heavy atom. The van der Waals surface area contributed by atoms with Crippen molar-refractivity contribution in [2.24, 2.45) is 0 Å². The molecule has 1 atom stereocenters. The molecule has 41 heavy (non-hydrogen) atoms. The fourth-order valence-electron chi connectivity index (χ4n) is 5.15. The predicted molar refractivity (Wildman–Crippen MR) is 158 cm³/mol. The Hall–Kier alpha value is -3.72. The highest BCUT2D eigenvalue weighted by atomic mass is 32.2. The SMILES string of the molecule is CCC(C(=O)NC1CCCC1)N(Cc1ccc(C)cc1)C(=O)CN(c1ccc(F)cc1)S(=O)(=O)c1ccc(C)cc1. The van der Waals surface area contributed by atoms with Crippen molar-refractivity contribution in [3.05, 3.63) is 95.3 Å². The van der Waals surface area contributed by atoms with Gasteiger partial charge >= 0.3 is 0 Å². The van der Waals surface area contributed by atoms with E-state index in [4.69, 9.17) is 0 Å². The minimum absolute atomic E-state index is 0.0105.